The summed E-state index contributed by atoms with van der Waals surface area (Å²) in [6, 6.07) is 14.7. The molecule has 0 unspecified atom stereocenters. The van der Waals surface area contributed by atoms with Gasteiger partial charge in [0, 0.05) is 17.2 Å². The van der Waals surface area contributed by atoms with Crippen LogP contribution in [-0.2, 0) is 9.53 Å². The molecule has 6 nitrogen and oxygen atoms in total. The van der Waals surface area contributed by atoms with Crippen molar-refractivity contribution in [1.29, 1.82) is 0 Å². The first-order chi connectivity index (χ1) is 14.3. The smallest absolute Gasteiger partial charge is 0.344 e. The van der Waals surface area contributed by atoms with Gasteiger partial charge in [0.25, 0.3) is 5.91 Å². The molecular weight excluding hydrogens is 380 g/mol. The zero-order valence-corrected chi connectivity index (χ0v) is 17.9. The minimum absolute atomic E-state index is 0.0484. The number of rotatable bonds is 6. The normalized spacial score (nSPS) is 11.9. The van der Waals surface area contributed by atoms with Gasteiger partial charge in [0.1, 0.15) is 5.56 Å². The van der Waals surface area contributed by atoms with Gasteiger partial charge < -0.3 is 14.6 Å². The van der Waals surface area contributed by atoms with Crippen LogP contribution < -0.4 is 5.32 Å². The molecule has 0 radical (unpaired) electrons. The van der Waals surface area contributed by atoms with Crippen molar-refractivity contribution in [2.45, 2.75) is 46.6 Å². The van der Waals surface area contributed by atoms with Crippen molar-refractivity contribution in [2.75, 3.05) is 5.32 Å². The molecule has 0 fully saturated rings. The van der Waals surface area contributed by atoms with Crippen molar-refractivity contribution < 1.29 is 18.8 Å². The van der Waals surface area contributed by atoms with Crippen molar-refractivity contribution in [3.63, 3.8) is 0 Å². The van der Waals surface area contributed by atoms with Crippen LogP contribution >= 0.6 is 0 Å². The van der Waals surface area contributed by atoms with E-state index in [0.29, 0.717) is 22.7 Å². The summed E-state index contributed by atoms with van der Waals surface area (Å²) in [6.45, 7) is 9.34. The highest BCUT2D eigenvalue weighted by molar-refractivity contribution is 5.99. The highest BCUT2D eigenvalue weighted by Crippen LogP contribution is 2.27. The molecule has 0 aliphatic heterocycles. The monoisotopic (exact) mass is 406 g/mol. The van der Waals surface area contributed by atoms with Crippen LogP contribution in [0.25, 0.3) is 0 Å². The summed E-state index contributed by atoms with van der Waals surface area (Å²) in [5.41, 5.74) is 3.90. The molecule has 3 rings (SSSR count). The van der Waals surface area contributed by atoms with E-state index in [4.69, 9.17) is 9.26 Å². The largest absolute Gasteiger partial charge is 0.444 e. The first-order valence-corrected chi connectivity index (χ1v) is 9.88. The number of benzene rings is 2. The third-order valence-electron chi connectivity index (χ3n) is 4.83. The van der Waals surface area contributed by atoms with Crippen molar-refractivity contribution in [3.05, 3.63) is 82.2 Å². The highest BCUT2D eigenvalue weighted by Gasteiger charge is 2.30. The lowest BCUT2D eigenvalue weighted by Crippen LogP contribution is -2.26. The van der Waals surface area contributed by atoms with Gasteiger partial charge in [-0.25, -0.2) is 4.79 Å². The van der Waals surface area contributed by atoms with Crippen molar-refractivity contribution in [1.82, 2.24) is 5.16 Å². The van der Waals surface area contributed by atoms with E-state index in [1.807, 2.05) is 52.0 Å². The number of nitrogens with one attached hydrogen (secondary N) is 1. The Hall–Kier alpha value is -3.41. The van der Waals surface area contributed by atoms with Crippen LogP contribution in [0, 0.1) is 20.8 Å². The molecule has 1 atom stereocenters. The minimum atomic E-state index is -1.12. The molecule has 0 aliphatic carbocycles. The zero-order chi connectivity index (χ0) is 21.8. The van der Waals surface area contributed by atoms with Gasteiger partial charge in [-0.3, -0.25) is 4.79 Å². The van der Waals surface area contributed by atoms with Gasteiger partial charge in [0.15, 0.2) is 5.76 Å². The van der Waals surface area contributed by atoms with Crippen LogP contribution in [0.3, 0.4) is 0 Å². The number of anilines is 1. The van der Waals surface area contributed by atoms with Crippen molar-refractivity contribution >= 4 is 17.6 Å². The number of ether oxygens (including phenoxy) is 1. The molecule has 3 aromatic rings. The summed E-state index contributed by atoms with van der Waals surface area (Å²) in [5, 5.41) is 6.79. The molecule has 2 aromatic carbocycles. The average Bonchev–Trinajstić information content (AvgIpc) is 3.11. The fourth-order valence-corrected chi connectivity index (χ4v) is 3.17. The molecule has 1 amide bonds. The topological polar surface area (TPSA) is 81.4 Å². The first-order valence-electron chi connectivity index (χ1n) is 9.88. The zero-order valence-electron chi connectivity index (χ0n) is 17.9. The lowest BCUT2D eigenvalue weighted by atomic mass is 10.0. The summed E-state index contributed by atoms with van der Waals surface area (Å²) >= 11 is 0. The lowest BCUT2D eigenvalue weighted by Gasteiger charge is -2.19. The third-order valence-corrected chi connectivity index (χ3v) is 4.83. The molecule has 1 heterocycles. The fourth-order valence-electron chi connectivity index (χ4n) is 3.17. The Bertz CT molecular complexity index is 1050. The maximum atomic E-state index is 13.2. The van der Waals surface area contributed by atoms with Gasteiger partial charge in [-0.05, 0) is 38.0 Å². The summed E-state index contributed by atoms with van der Waals surface area (Å²) in [6.07, 6.45) is -1.12. The Morgan fingerprint density at radius 1 is 1.03 bits per heavy atom. The Morgan fingerprint density at radius 3 is 2.40 bits per heavy atom. The number of esters is 1. The van der Waals surface area contributed by atoms with Crippen molar-refractivity contribution in [2.24, 2.45) is 0 Å². The molecule has 30 heavy (non-hydrogen) atoms. The van der Waals surface area contributed by atoms with Crippen LogP contribution in [0.15, 0.2) is 53.1 Å². The molecule has 1 aromatic heterocycles. The molecule has 156 valence electrons. The lowest BCUT2D eigenvalue weighted by molar-refractivity contribution is -0.125. The van der Waals surface area contributed by atoms with E-state index < -0.39 is 18.0 Å². The van der Waals surface area contributed by atoms with Gasteiger partial charge >= 0.3 is 5.97 Å². The van der Waals surface area contributed by atoms with E-state index in [0.717, 1.165) is 11.1 Å². The molecule has 0 spiro atoms. The molecule has 1 N–H and O–H groups in total. The predicted octanol–water partition coefficient (Wildman–Crippen LogP) is 5.26. The van der Waals surface area contributed by atoms with Crippen LogP contribution in [0.5, 0.6) is 0 Å². The summed E-state index contributed by atoms with van der Waals surface area (Å²) in [7, 11) is 0. The van der Waals surface area contributed by atoms with E-state index in [9.17, 15) is 9.59 Å². The predicted molar refractivity (Wildman–Crippen MR) is 114 cm³/mol. The number of aryl methyl sites for hydroxylation is 3. The molecule has 6 heteroatoms. The number of carbonyl (C=O) groups is 2. The SMILES string of the molecule is Cc1ccc(C)c(NC(=O)[C@@H](OC(=O)c2c(C)noc2C(C)C)c2ccccc2)c1. The second-order valence-electron chi connectivity index (χ2n) is 7.67. The second-order valence-corrected chi connectivity index (χ2v) is 7.67. The number of hydrogen-bond donors (Lipinski definition) is 1. The molecule has 0 saturated carbocycles. The second kappa shape index (κ2) is 8.95. The maximum absolute atomic E-state index is 13.2. The van der Waals surface area contributed by atoms with Crippen LogP contribution in [-0.4, -0.2) is 17.0 Å². The van der Waals surface area contributed by atoms with E-state index in [-0.39, 0.29) is 11.5 Å². The average molecular weight is 406 g/mol. The summed E-state index contributed by atoms with van der Waals surface area (Å²) < 4.78 is 11.0. The van der Waals surface area contributed by atoms with E-state index in [1.54, 1.807) is 31.2 Å². The number of hydrogen-bond acceptors (Lipinski definition) is 5. The first kappa shape index (κ1) is 21.3. The third kappa shape index (κ3) is 4.59. The van der Waals surface area contributed by atoms with Crippen LogP contribution in [0.2, 0.25) is 0 Å². The van der Waals surface area contributed by atoms with Gasteiger partial charge in [0.05, 0.1) is 5.69 Å². The Kier molecular flexibility index (Phi) is 6.35. The van der Waals surface area contributed by atoms with Gasteiger partial charge in [-0.1, -0.05) is 61.5 Å². The Morgan fingerprint density at radius 2 is 1.73 bits per heavy atom. The number of aromatic nitrogens is 1. The van der Waals surface area contributed by atoms with E-state index in [2.05, 4.69) is 10.5 Å². The highest BCUT2D eigenvalue weighted by atomic mass is 16.6. The molecule has 0 saturated heterocycles. The number of nitrogens with zero attached hydrogens (tertiary/aromatic N) is 1. The quantitative estimate of drug-likeness (QED) is 0.565. The van der Waals surface area contributed by atoms with Crippen LogP contribution in [0.1, 0.15) is 64.4 Å². The minimum Gasteiger partial charge on any atom is -0.444 e. The molecular formula is C24H26N2O4. The van der Waals surface area contributed by atoms with Crippen molar-refractivity contribution in [3.8, 4) is 0 Å². The van der Waals surface area contributed by atoms with Gasteiger partial charge in [-0.15, -0.1) is 0 Å². The number of carbonyl (C=O) groups excluding carboxylic acids is 2. The van der Waals surface area contributed by atoms with Gasteiger partial charge in [0.2, 0.25) is 6.10 Å². The summed E-state index contributed by atoms with van der Waals surface area (Å²) in [5.74, 6) is -0.669. The Labute approximate surface area is 176 Å². The van der Waals surface area contributed by atoms with Gasteiger partial charge in [-0.2, -0.15) is 0 Å². The van der Waals surface area contributed by atoms with E-state index >= 15 is 0 Å². The number of amides is 1. The molecule has 0 bridgehead atoms. The Balaban J connectivity index is 1.92. The summed E-state index contributed by atoms with van der Waals surface area (Å²) in [4.78, 5) is 26.2. The standard InChI is InChI=1S/C24H26N2O4/c1-14(2)21-20(17(5)26-30-21)24(28)29-22(18-9-7-6-8-10-18)23(27)25-19-13-15(3)11-12-16(19)4/h6-14,22H,1-5H3,(H,25,27)/t22-/m0/s1. The van der Waals surface area contributed by atoms with Crippen LogP contribution in [0.4, 0.5) is 5.69 Å². The maximum Gasteiger partial charge on any atom is 0.344 e. The molecule has 0 aliphatic rings. The van der Waals surface area contributed by atoms with E-state index in [1.165, 1.54) is 0 Å². The fraction of sp³-hybridized carbons (Fsp3) is 0.292.